The van der Waals surface area contributed by atoms with Crippen LogP contribution in [0.4, 0.5) is 0 Å². The largest absolute Gasteiger partial charge is 0.460 e. The molecule has 0 aromatic carbocycles. The third-order valence-electron chi connectivity index (χ3n) is 13.9. The average Bonchev–Trinajstić information content (AvgIpc) is 3.23. The number of ether oxygens (including phenoxy) is 3. The van der Waals surface area contributed by atoms with E-state index < -0.39 is 71.8 Å². The van der Waals surface area contributed by atoms with Crippen molar-refractivity contribution in [3.63, 3.8) is 0 Å². The number of esters is 1. The van der Waals surface area contributed by atoms with E-state index in [1.807, 2.05) is 39.0 Å². The van der Waals surface area contributed by atoms with Crippen molar-refractivity contribution in [2.75, 3.05) is 13.7 Å². The molecule has 3 fully saturated rings. The summed E-state index contributed by atoms with van der Waals surface area (Å²) in [6, 6.07) is -1.14. The van der Waals surface area contributed by atoms with Gasteiger partial charge in [0.25, 0.3) is 11.7 Å². The number of fused-ring (bicyclic) bond motifs is 3. The van der Waals surface area contributed by atoms with E-state index >= 15 is 0 Å². The maximum Gasteiger partial charge on any atom is 0.329 e. The summed E-state index contributed by atoms with van der Waals surface area (Å²) in [5.41, 5.74) is 1.12. The van der Waals surface area contributed by atoms with Gasteiger partial charge in [0.1, 0.15) is 23.7 Å². The Balaban J connectivity index is 1.66. The lowest BCUT2D eigenvalue weighted by atomic mass is 9.78. The molecule has 0 radical (unpaired) electrons. The zero-order valence-corrected chi connectivity index (χ0v) is 38.4. The van der Waals surface area contributed by atoms with Crippen LogP contribution >= 0.6 is 0 Å². The molecule has 3 aliphatic heterocycles. The van der Waals surface area contributed by atoms with Gasteiger partial charge >= 0.3 is 5.97 Å². The maximum absolute atomic E-state index is 14.3. The van der Waals surface area contributed by atoms with Crippen LogP contribution in [0.2, 0.25) is 0 Å². The van der Waals surface area contributed by atoms with Gasteiger partial charge in [0.05, 0.1) is 30.5 Å². The molecule has 3 heterocycles. The van der Waals surface area contributed by atoms with Crippen LogP contribution in [0.15, 0.2) is 47.6 Å². The molecule has 0 unspecified atom stereocenters. The van der Waals surface area contributed by atoms with E-state index in [-0.39, 0.29) is 73.6 Å². The van der Waals surface area contributed by atoms with Crippen molar-refractivity contribution >= 4 is 29.2 Å². The fourth-order valence-corrected chi connectivity index (χ4v) is 9.51. The SMILES string of the molecule is CO[C@@H]1C[C@@H](C[C@H](C)[C@@H]2CC(=O)[C@@H](C)/C=C(\C)[C@@H](O)CC(=O)[C@H](C)C[C@H](C)/C=C/C=C/C=C(\C)[C@H](O)C[C@@H]3CC[C@@H](C)[C@@](O)(O3)C(=O)C(=O)N3CCCC[C@H]3C(=O)O2)CC[C@H]1O. The van der Waals surface area contributed by atoms with E-state index in [1.54, 1.807) is 53.0 Å². The number of cyclic esters (lactones) is 1. The predicted molar refractivity (Wildman–Crippen MR) is 234 cm³/mol. The standard InChI is InChI=1S/C49H75NO12/c1-29-14-10-9-11-15-30(2)40(52)26-37-19-17-35(7)49(59,62-37)46(56)47(57)50-21-13-12-16-38(50)48(58)61-44(34(6)24-36-18-20-39(51)45(25-36)60-8)28-43(55)33(5)23-32(4)42(54)27-41(53)31(3)22-29/h9-11,14-15,23,29,31,33-40,42,44-45,51-52,54,59H,12-13,16-22,24-28H2,1-8H3/b11-9+,14-10+,30-15+,32-23+/t29-,31-,33+,34+,35-,36-,37+,38+,39-,40-,42+,44+,45-,49-/m1/s1. The van der Waals surface area contributed by atoms with Gasteiger partial charge in [-0.05, 0) is 107 Å². The summed E-state index contributed by atoms with van der Waals surface area (Å²) in [7, 11) is 1.56. The van der Waals surface area contributed by atoms with Crippen LogP contribution in [0, 0.1) is 35.5 Å². The Kier molecular flexibility index (Phi) is 19.5. The zero-order chi connectivity index (χ0) is 45.9. The molecular formula is C49H75NO12. The quantitative estimate of drug-likeness (QED) is 0.149. The molecule has 4 rings (SSSR count). The van der Waals surface area contributed by atoms with Gasteiger partial charge in [-0.3, -0.25) is 19.2 Å². The number of amides is 1. The van der Waals surface area contributed by atoms with Crippen LogP contribution in [0.5, 0.6) is 0 Å². The number of piperidine rings is 1. The number of aliphatic hydroxyl groups is 4. The lowest BCUT2D eigenvalue weighted by Crippen LogP contribution is -2.61. The summed E-state index contributed by atoms with van der Waals surface area (Å²) in [5, 5.41) is 44.4. The van der Waals surface area contributed by atoms with E-state index in [1.165, 1.54) is 4.90 Å². The molecule has 4 aliphatic rings. The highest BCUT2D eigenvalue weighted by Crippen LogP contribution is 2.37. The highest BCUT2D eigenvalue weighted by molar-refractivity contribution is 6.39. The molecule has 0 spiro atoms. The lowest BCUT2D eigenvalue weighted by Gasteiger charge is -2.42. The summed E-state index contributed by atoms with van der Waals surface area (Å²) < 4.78 is 17.8. The normalized spacial score (nSPS) is 40.6. The third kappa shape index (κ3) is 13.8. The van der Waals surface area contributed by atoms with Gasteiger partial charge < -0.3 is 39.5 Å². The number of methoxy groups -OCH3 is 1. The molecule has 62 heavy (non-hydrogen) atoms. The fourth-order valence-electron chi connectivity index (χ4n) is 9.51. The monoisotopic (exact) mass is 870 g/mol. The van der Waals surface area contributed by atoms with Gasteiger partial charge in [0, 0.05) is 50.7 Å². The summed E-state index contributed by atoms with van der Waals surface area (Å²) in [6.07, 6.45) is 11.3. The average molecular weight is 870 g/mol. The summed E-state index contributed by atoms with van der Waals surface area (Å²) in [4.78, 5) is 70.8. The van der Waals surface area contributed by atoms with Gasteiger partial charge in [0.2, 0.25) is 5.79 Å². The Labute approximate surface area is 369 Å². The van der Waals surface area contributed by atoms with E-state index in [4.69, 9.17) is 14.2 Å². The number of aliphatic hydroxyl groups excluding tert-OH is 3. The number of ketones is 3. The predicted octanol–water partition coefficient (Wildman–Crippen LogP) is 5.90. The Morgan fingerprint density at radius 1 is 0.839 bits per heavy atom. The minimum absolute atomic E-state index is 0.0622. The van der Waals surface area contributed by atoms with Crippen LogP contribution in [0.1, 0.15) is 132 Å². The van der Waals surface area contributed by atoms with Gasteiger partial charge in [-0.25, -0.2) is 4.79 Å². The van der Waals surface area contributed by atoms with E-state index in [9.17, 15) is 44.4 Å². The molecule has 2 saturated heterocycles. The minimum Gasteiger partial charge on any atom is -0.460 e. The Morgan fingerprint density at radius 2 is 1.56 bits per heavy atom. The van der Waals surface area contributed by atoms with E-state index in [2.05, 4.69) is 0 Å². The summed E-state index contributed by atoms with van der Waals surface area (Å²) in [6.45, 7) is 12.6. The van der Waals surface area contributed by atoms with Gasteiger partial charge in [-0.1, -0.05) is 71.1 Å². The second-order valence-electron chi connectivity index (χ2n) is 19.1. The highest BCUT2D eigenvalue weighted by atomic mass is 16.6. The molecular weight excluding hydrogens is 795 g/mol. The van der Waals surface area contributed by atoms with Crippen LogP contribution in [-0.2, 0) is 38.2 Å². The van der Waals surface area contributed by atoms with Crippen LogP contribution in [0.3, 0.4) is 0 Å². The Morgan fingerprint density at radius 3 is 2.27 bits per heavy atom. The van der Waals surface area contributed by atoms with Gasteiger partial charge in [-0.15, -0.1) is 0 Å². The number of carbonyl (C=O) groups excluding carboxylic acids is 5. The highest BCUT2D eigenvalue weighted by Gasteiger charge is 2.53. The molecule has 13 nitrogen and oxygen atoms in total. The molecule has 2 bridgehead atoms. The Hall–Kier alpha value is -3.33. The molecule has 14 atom stereocenters. The van der Waals surface area contributed by atoms with Crippen molar-refractivity contribution < 1.29 is 58.6 Å². The van der Waals surface area contributed by atoms with Crippen molar-refractivity contribution in [2.24, 2.45) is 35.5 Å². The number of hydrogen-bond donors (Lipinski definition) is 4. The second kappa shape index (κ2) is 23.6. The van der Waals surface area contributed by atoms with Crippen molar-refractivity contribution in [3.05, 3.63) is 47.6 Å². The van der Waals surface area contributed by atoms with Gasteiger partial charge in [0.15, 0.2) is 0 Å². The number of Topliss-reactive ketones (excluding diaryl/α,β-unsaturated/α-hetero) is 3. The van der Waals surface area contributed by atoms with Crippen LogP contribution in [0.25, 0.3) is 0 Å². The summed E-state index contributed by atoms with van der Waals surface area (Å²) >= 11 is 0. The molecule has 4 N–H and O–H groups in total. The molecule has 0 aromatic rings. The first-order chi connectivity index (χ1) is 29.2. The molecule has 348 valence electrons. The first-order valence-electron chi connectivity index (χ1n) is 23.0. The first-order valence-corrected chi connectivity index (χ1v) is 23.0. The molecule has 1 amide bonds. The molecule has 13 heteroatoms. The van der Waals surface area contributed by atoms with E-state index in [0.29, 0.717) is 62.5 Å². The topological polar surface area (TPSA) is 197 Å². The molecule has 1 saturated carbocycles. The smallest absolute Gasteiger partial charge is 0.329 e. The minimum atomic E-state index is -2.47. The lowest BCUT2D eigenvalue weighted by molar-refractivity contribution is -0.265. The van der Waals surface area contributed by atoms with Crippen molar-refractivity contribution in [1.82, 2.24) is 4.90 Å². The van der Waals surface area contributed by atoms with Crippen molar-refractivity contribution in [1.29, 1.82) is 0 Å². The second-order valence-corrected chi connectivity index (χ2v) is 19.1. The number of nitrogens with zero attached hydrogens (tertiary/aromatic N) is 1. The summed E-state index contributed by atoms with van der Waals surface area (Å²) in [5.74, 6) is -7.65. The van der Waals surface area contributed by atoms with Crippen LogP contribution < -0.4 is 0 Å². The molecule has 0 aromatic heterocycles. The molecule has 1 aliphatic carbocycles. The number of hydrogen-bond acceptors (Lipinski definition) is 12. The maximum atomic E-state index is 14.3. The zero-order valence-electron chi connectivity index (χ0n) is 38.4. The third-order valence-corrected chi connectivity index (χ3v) is 13.9. The number of rotatable bonds is 4. The van der Waals surface area contributed by atoms with E-state index in [0.717, 1.165) is 6.42 Å². The van der Waals surface area contributed by atoms with Crippen LogP contribution in [-0.4, -0.2) is 117 Å². The Bertz CT molecular complexity index is 1690. The fraction of sp³-hybridized carbons (Fsp3) is 0.735. The number of carbonyl (C=O) groups is 5. The van der Waals surface area contributed by atoms with Crippen molar-refractivity contribution in [2.45, 2.75) is 180 Å². The van der Waals surface area contributed by atoms with Gasteiger partial charge in [-0.2, -0.15) is 0 Å². The van der Waals surface area contributed by atoms with Crippen molar-refractivity contribution in [3.8, 4) is 0 Å². The number of allylic oxidation sites excluding steroid dienone is 6. The first kappa shape index (κ1) is 51.3.